The third kappa shape index (κ3) is 32.1. The molecule has 0 aliphatic carbocycles. The summed E-state index contributed by atoms with van der Waals surface area (Å²) in [6, 6.07) is 0. The van der Waals surface area contributed by atoms with Crippen molar-refractivity contribution in [1.82, 2.24) is 0 Å². The number of rotatable bonds is 16. The Morgan fingerprint density at radius 3 is 0.758 bits per heavy atom. The van der Waals surface area contributed by atoms with Crippen LogP contribution in [0.2, 0.25) is 0 Å². The molecule has 0 unspecified atom stereocenters. The molecule has 0 aromatic carbocycles. The molecule has 13 heteroatoms. The molecule has 0 saturated heterocycles. The predicted octanol–water partition coefficient (Wildman–Crippen LogP) is 3.85. The molecule has 33 heavy (non-hydrogen) atoms. The molecule has 0 radical (unpaired) electrons. The minimum atomic E-state index is -3.50. The Labute approximate surface area is 259 Å². The molecule has 0 amide bonds. The average Bonchev–Trinajstić information content (AvgIpc) is 2.65. The van der Waals surface area contributed by atoms with Gasteiger partial charge in [-0.15, -0.1) is 0 Å². The van der Waals surface area contributed by atoms with Crippen LogP contribution in [0.3, 0.4) is 0 Å². The summed E-state index contributed by atoms with van der Waals surface area (Å²) in [4.78, 5) is 45.5. The van der Waals surface area contributed by atoms with E-state index in [1.54, 1.807) is 0 Å². The fourth-order valence-electron chi connectivity index (χ4n) is 2.73. The van der Waals surface area contributed by atoms with Crippen molar-refractivity contribution in [2.45, 2.75) is 105 Å². The number of hydrogen-bond acceptors (Lipinski definition) is 6. The van der Waals surface area contributed by atoms with Gasteiger partial charge in [0, 0.05) is 0 Å². The Balaban J connectivity index is -0.000000145. The smallest absolute Gasteiger partial charge is 0.854 e. The summed E-state index contributed by atoms with van der Waals surface area (Å²) in [5.41, 5.74) is -6.99. The summed E-state index contributed by atoms with van der Waals surface area (Å²) in [5.74, 6) is 3.17. The molecular weight excluding hydrogens is 691 g/mol. The quantitative estimate of drug-likeness (QED) is 0.104. The van der Waals surface area contributed by atoms with Crippen LogP contribution in [0.4, 0.5) is 0 Å². The van der Waals surface area contributed by atoms with E-state index in [-0.39, 0.29) is 58.4 Å². The van der Waals surface area contributed by atoms with Crippen molar-refractivity contribution < 1.29 is 78.0 Å². The van der Waals surface area contributed by atoms with E-state index in [0.717, 1.165) is 100 Å². The van der Waals surface area contributed by atoms with Crippen molar-refractivity contribution in [3.05, 3.63) is 0 Å². The van der Waals surface area contributed by atoms with Crippen molar-refractivity contribution in [2.75, 3.05) is 23.0 Å². The maximum Gasteiger partial charge on any atom is 2.00 e. The van der Waals surface area contributed by atoms with E-state index in [1.807, 2.05) is 0 Å². The summed E-state index contributed by atoms with van der Waals surface area (Å²) in [6.45, 7) is 8.50. The molecule has 188 valence electrons. The molecule has 0 saturated carbocycles. The van der Waals surface area contributed by atoms with Gasteiger partial charge in [-0.1, -0.05) is 79.1 Å². The summed E-state index contributed by atoms with van der Waals surface area (Å²) >= 11 is 9.24. The van der Waals surface area contributed by atoms with Gasteiger partial charge in [-0.2, -0.15) is 0 Å². The Hall–Kier alpha value is 3.97. The molecule has 4 nitrogen and oxygen atoms in total. The molecule has 0 spiro atoms. The van der Waals surface area contributed by atoms with Crippen LogP contribution in [0.5, 0.6) is 0 Å². The van der Waals surface area contributed by atoms with Crippen LogP contribution in [-0.4, -0.2) is 23.0 Å². The maximum absolute atomic E-state index is 11.4. The van der Waals surface area contributed by atoms with Crippen LogP contribution < -0.4 is 19.6 Å². The Bertz CT molecular complexity index is 447. The molecule has 0 N–H and O–H groups in total. The van der Waals surface area contributed by atoms with Gasteiger partial charge in [0.2, 0.25) is 0 Å². The fourth-order valence-corrected chi connectivity index (χ4v) is 13.1. The van der Waals surface area contributed by atoms with Gasteiger partial charge in [-0.3, -0.25) is 0 Å². The zero-order valence-corrected chi connectivity index (χ0v) is 35.6. The number of hydrogen-bond donors (Lipinski definition) is 0. The zero-order chi connectivity index (χ0) is 23.5. The Morgan fingerprint density at radius 2 is 0.636 bits per heavy atom. The second-order valence-electron chi connectivity index (χ2n) is 7.46. The maximum atomic E-state index is 11.4. The first-order valence-corrected chi connectivity index (χ1v) is 21.1. The van der Waals surface area contributed by atoms with Gasteiger partial charge >= 0.3 is 58.4 Å². The van der Waals surface area contributed by atoms with Crippen molar-refractivity contribution in [3.63, 3.8) is 0 Å². The third-order valence-corrected chi connectivity index (χ3v) is 18.7. The summed E-state index contributed by atoms with van der Waals surface area (Å²) < 4.78 is 0. The monoisotopic (exact) mass is 730 g/mol. The van der Waals surface area contributed by atoms with E-state index < -0.39 is 31.5 Å². The first-order valence-electron chi connectivity index (χ1n) is 11.4. The van der Waals surface area contributed by atoms with Crippen molar-refractivity contribution >= 4 is 56.0 Å². The standard InChI is InChI=1S/2C10H22O2PS2.3Zn/c2*1-3-5-7-9-15(13(11,12)14)10-8-6-4-2;;;/h2*3-10H2,1-2H3;;;/q2*-3;3*+2. The molecule has 0 rings (SSSR count). The molecule has 0 aliphatic rings. The molecule has 0 atom stereocenters. The van der Waals surface area contributed by atoms with Crippen molar-refractivity contribution in [1.29, 1.82) is 0 Å². The zero-order valence-electron chi connectivity index (χ0n) is 21.6. The van der Waals surface area contributed by atoms with Gasteiger partial charge in [-0.25, -0.2) is 20.1 Å². The van der Waals surface area contributed by atoms with E-state index in [1.165, 1.54) is 0 Å². The van der Waals surface area contributed by atoms with E-state index >= 15 is 0 Å². The first-order chi connectivity index (χ1) is 14.0. The molecule has 0 fully saturated rings. The van der Waals surface area contributed by atoms with E-state index in [4.69, 9.17) is 0 Å². The largest absolute Gasteiger partial charge is 2.00 e. The summed E-state index contributed by atoms with van der Waals surface area (Å²) in [7, 11) is -1.06. The van der Waals surface area contributed by atoms with Crippen LogP contribution >= 0.6 is 11.4 Å². The normalized spacial score (nSPS) is 11.3. The van der Waals surface area contributed by atoms with Gasteiger partial charge in [0.25, 0.3) is 0 Å². The van der Waals surface area contributed by atoms with Crippen molar-refractivity contribution in [2.24, 2.45) is 0 Å². The first kappa shape index (κ1) is 46.8. The second kappa shape index (κ2) is 30.5. The van der Waals surface area contributed by atoms with Crippen LogP contribution in [-0.2, 0) is 103 Å². The minimum Gasteiger partial charge on any atom is -0.854 e. The van der Waals surface area contributed by atoms with E-state index in [0.29, 0.717) is 0 Å². The molecule has 0 bridgehead atoms. The number of unbranched alkanes of at least 4 members (excludes halogenated alkanes) is 8. The van der Waals surface area contributed by atoms with Crippen LogP contribution in [0.15, 0.2) is 0 Å². The van der Waals surface area contributed by atoms with Crippen molar-refractivity contribution in [3.8, 4) is 0 Å². The SMILES string of the molecule is CCCCCS(CCCCC)=P([O-])([O-])[S-].CCCCCS(CCCCC)=P([O-])([O-])[S-].[Zn+2].[Zn+2].[Zn+2]. The predicted molar refractivity (Wildman–Crippen MR) is 141 cm³/mol. The van der Waals surface area contributed by atoms with Crippen LogP contribution in [0.1, 0.15) is 105 Å². The molecule has 0 aromatic heterocycles. The average molecular weight is 735 g/mol. The van der Waals surface area contributed by atoms with E-state index in [9.17, 15) is 19.6 Å². The Morgan fingerprint density at radius 1 is 0.455 bits per heavy atom. The second-order valence-corrected chi connectivity index (χ2v) is 23.0. The topological polar surface area (TPSA) is 92.2 Å². The minimum absolute atomic E-state index is 0. The van der Waals surface area contributed by atoms with Gasteiger partial charge in [0.05, 0.1) is 0 Å². The molecule has 0 aromatic rings. The van der Waals surface area contributed by atoms with Crippen LogP contribution in [0.25, 0.3) is 0 Å². The third-order valence-electron chi connectivity index (χ3n) is 4.57. The van der Waals surface area contributed by atoms with Gasteiger partial charge in [0.1, 0.15) is 0 Å². The summed E-state index contributed by atoms with van der Waals surface area (Å²) in [6.07, 6.45) is 13.0. The molecule has 0 aliphatic heterocycles. The van der Waals surface area contributed by atoms with Crippen LogP contribution in [0, 0.1) is 0 Å². The van der Waals surface area contributed by atoms with Gasteiger partial charge in [0.15, 0.2) is 0 Å². The van der Waals surface area contributed by atoms with Gasteiger partial charge in [-0.05, 0) is 48.7 Å². The summed E-state index contributed by atoms with van der Waals surface area (Å²) in [5, 5.41) is 0. The van der Waals surface area contributed by atoms with Gasteiger partial charge < -0.3 is 55.5 Å². The fraction of sp³-hybridized carbons (Fsp3) is 1.00. The molecule has 0 heterocycles. The molecular formula is C20H44O4P2S4Zn3. The van der Waals surface area contributed by atoms with E-state index in [2.05, 4.69) is 52.2 Å². The Kier molecular flexibility index (Phi) is 43.3.